The first-order chi connectivity index (χ1) is 9.67. The maximum atomic E-state index is 13.1. The van der Waals surface area contributed by atoms with Gasteiger partial charge in [-0.3, -0.25) is 5.43 Å². The van der Waals surface area contributed by atoms with E-state index in [4.69, 9.17) is 10.6 Å². The van der Waals surface area contributed by atoms with Crippen LogP contribution in [-0.4, -0.2) is 9.97 Å². The average molecular weight is 290 g/mol. The molecule has 0 atom stereocenters. The summed E-state index contributed by atoms with van der Waals surface area (Å²) in [5, 5.41) is 2.68. The molecule has 3 N–H and O–H groups in total. The van der Waals surface area contributed by atoms with E-state index in [1.54, 1.807) is 13.0 Å². The van der Waals surface area contributed by atoms with Gasteiger partial charge in [-0.25, -0.2) is 15.2 Å². The predicted octanol–water partition coefficient (Wildman–Crippen LogP) is 3.22. The minimum absolute atomic E-state index is 0.273. The van der Waals surface area contributed by atoms with Gasteiger partial charge in [0, 0.05) is 0 Å². The molecule has 5 nitrogen and oxygen atoms in total. The SMILES string of the molecule is Cc1cc(F)ccc1Oc1nc(NN)nc2sccc12. The molecule has 0 aliphatic carbocycles. The zero-order valence-electron chi connectivity index (χ0n) is 10.6. The van der Waals surface area contributed by atoms with Crippen molar-refractivity contribution in [3.05, 3.63) is 41.0 Å². The molecule has 0 saturated heterocycles. The summed E-state index contributed by atoms with van der Waals surface area (Å²) in [6.07, 6.45) is 0. The van der Waals surface area contributed by atoms with Gasteiger partial charge in [0.2, 0.25) is 11.8 Å². The summed E-state index contributed by atoms with van der Waals surface area (Å²) in [6.45, 7) is 1.77. The van der Waals surface area contributed by atoms with Crippen LogP contribution in [0.15, 0.2) is 29.6 Å². The Labute approximate surface area is 118 Å². The van der Waals surface area contributed by atoms with Gasteiger partial charge in [0.05, 0.1) is 5.39 Å². The van der Waals surface area contributed by atoms with Crippen LogP contribution in [0.1, 0.15) is 5.56 Å². The van der Waals surface area contributed by atoms with E-state index in [-0.39, 0.29) is 11.8 Å². The lowest BCUT2D eigenvalue weighted by Crippen LogP contribution is -2.10. The molecule has 2 heterocycles. The molecule has 0 aliphatic rings. The van der Waals surface area contributed by atoms with E-state index in [0.29, 0.717) is 17.2 Å². The lowest BCUT2D eigenvalue weighted by Gasteiger charge is -2.09. The van der Waals surface area contributed by atoms with Crippen LogP contribution >= 0.6 is 11.3 Å². The van der Waals surface area contributed by atoms with E-state index >= 15 is 0 Å². The Morgan fingerprint density at radius 2 is 2.15 bits per heavy atom. The molecular weight excluding hydrogens is 279 g/mol. The van der Waals surface area contributed by atoms with Crippen LogP contribution in [0.2, 0.25) is 0 Å². The number of thiophene rings is 1. The zero-order valence-corrected chi connectivity index (χ0v) is 11.4. The molecule has 2 aromatic heterocycles. The molecule has 3 rings (SSSR count). The highest BCUT2D eigenvalue weighted by Gasteiger charge is 2.12. The van der Waals surface area contributed by atoms with Gasteiger partial charge < -0.3 is 4.74 Å². The topological polar surface area (TPSA) is 73.1 Å². The fourth-order valence-corrected chi connectivity index (χ4v) is 2.56. The quantitative estimate of drug-likeness (QED) is 0.572. The van der Waals surface area contributed by atoms with Gasteiger partial charge in [-0.05, 0) is 42.1 Å². The van der Waals surface area contributed by atoms with Gasteiger partial charge >= 0.3 is 0 Å². The number of hydrogen-bond donors (Lipinski definition) is 2. The summed E-state index contributed by atoms with van der Waals surface area (Å²) >= 11 is 1.46. The largest absolute Gasteiger partial charge is 0.438 e. The van der Waals surface area contributed by atoms with Crippen molar-refractivity contribution >= 4 is 27.5 Å². The number of hydrogen-bond acceptors (Lipinski definition) is 6. The number of ether oxygens (including phenoxy) is 1. The minimum Gasteiger partial charge on any atom is -0.438 e. The number of benzene rings is 1. The van der Waals surface area contributed by atoms with Crippen LogP contribution in [0.3, 0.4) is 0 Å². The molecule has 0 bridgehead atoms. The highest BCUT2D eigenvalue weighted by molar-refractivity contribution is 7.16. The molecule has 0 radical (unpaired) electrons. The molecular formula is C13H11FN4OS. The van der Waals surface area contributed by atoms with Gasteiger partial charge in [0.1, 0.15) is 16.4 Å². The lowest BCUT2D eigenvalue weighted by molar-refractivity contribution is 0.463. The van der Waals surface area contributed by atoms with Crippen LogP contribution in [0.25, 0.3) is 10.2 Å². The van der Waals surface area contributed by atoms with E-state index in [2.05, 4.69) is 15.4 Å². The average Bonchev–Trinajstić information content (AvgIpc) is 2.90. The Kier molecular flexibility index (Phi) is 3.21. The third kappa shape index (κ3) is 2.28. The van der Waals surface area contributed by atoms with Gasteiger partial charge in [-0.1, -0.05) is 0 Å². The number of rotatable bonds is 3. The number of nitrogens with two attached hydrogens (primary N) is 1. The van der Waals surface area contributed by atoms with Crippen LogP contribution in [0.4, 0.5) is 10.3 Å². The summed E-state index contributed by atoms with van der Waals surface area (Å²) in [7, 11) is 0. The van der Waals surface area contributed by atoms with Crippen molar-refractivity contribution in [1.82, 2.24) is 9.97 Å². The summed E-state index contributed by atoms with van der Waals surface area (Å²) in [5.41, 5.74) is 3.09. The smallest absolute Gasteiger partial charge is 0.241 e. The first kappa shape index (κ1) is 12.8. The highest BCUT2D eigenvalue weighted by Crippen LogP contribution is 2.32. The van der Waals surface area contributed by atoms with Gasteiger partial charge in [0.15, 0.2) is 0 Å². The summed E-state index contributed by atoms with van der Waals surface area (Å²) in [6, 6.07) is 6.19. The van der Waals surface area contributed by atoms with E-state index < -0.39 is 0 Å². The van der Waals surface area contributed by atoms with Crippen LogP contribution < -0.4 is 16.0 Å². The van der Waals surface area contributed by atoms with Crippen molar-refractivity contribution in [2.75, 3.05) is 5.43 Å². The highest BCUT2D eigenvalue weighted by atomic mass is 32.1. The van der Waals surface area contributed by atoms with Crippen LogP contribution in [0.5, 0.6) is 11.6 Å². The summed E-state index contributed by atoms with van der Waals surface area (Å²) in [4.78, 5) is 9.18. The second-order valence-electron chi connectivity index (χ2n) is 4.15. The number of anilines is 1. The van der Waals surface area contributed by atoms with Crippen molar-refractivity contribution in [3.8, 4) is 11.6 Å². The number of nitrogen functional groups attached to an aromatic ring is 1. The third-order valence-electron chi connectivity index (χ3n) is 2.76. The Balaban J connectivity index is 2.07. The van der Waals surface area contributed by atoms with Crippen molar-refractivity contribution < 1.29 is 9.13 Å². The van der Waals surface area contributed by atoms with E-state index in [9.17, 15) is 4.39 Å². The van der Waals surface area contributed by atoms with Crippen molar-refractivity contribution in [3.63, 3.8) is 0 Å². The maximum Gasteiger partial charge on any atom is 0.241 e. The van der Waals surface area contributed by atoms with Crippen molar-refractivity contribution in [2.45, 2.75) is 6.92 Å². The predicted molar refractivity (Wildman–Crippen MR) is 76.4 cm³/mol. The Morgan fingerprint density at radius 1 is 1.30 bits per heavy atom. The van der Waals surface area contributed by atoms with Crippen molar-refractivity contribution in [1.29, 1.82) is 0 Å². The molecule has 3 aromatic rings. The molecule has 0 aliphatic heterocycles. The second-order valence-corrected chi connectivity index (χ2v) is 5.04. The number of nitrogens with one attached hydrogen (secondary N) is 1. The second kappa shape index (κ2) is 5.03. The molecule has 0 spiro atoms. The van der Waals surface area contributed by atoms with Crippen LogP contribution in [0, 0.1) is 12.7 Å². The number of aryl methyl sites for hydroxylation is 1. The third-order valence-corrected chi connectivity index (χ3v) is 3.57. The maximum absolute atomic E-state index is 13.1. The van der Waals surface area contributed by atoms with Gasteiger partial charge in [0.25, 0.3) is 0 Å². The summed E-state index contributed by atoms with van der Waals surface area (Å²) < 4.78 is 18.9. The zero-order chi connectivity index (χ0) is 14.1. The molecule has 1 aromatic carbocycles. The van der Waals surface area contributed by atoms with Gasteiger partial charge in [-0.2, -0.15) is 4.98 Å². The number of hydrazine groups is 1. The number of fused-ring (bicyclic) bond motifs is 1. The fourth-order valence-electron chi connectivity index (χ4n) is 1.80. The summed E-state index contributed by atoms with van der Waals surface area (Å²) in [5.74, 6) is 6.25. The van der Waals surface area contributed by atoms with Gasteiger partial charge in [-0.15, -0.1) is 11.3 Å². The first-order valence-corrected chi connectivity index (χ1v) is 6.71. The van der Waals surface area contributed by atoms with E-state index in [1.807, 2.05) is 11.4 Å². The molecule has 0 saturated carbocycles. The Bertz CT molecular complexity index is 774. The molecule has 0 amide bonds. The standard InChI is InChI=1S/C13H11FN4OS/c1-7-6-8(14)2-3-10(7)19-11-9-4-5-20-12(9)17-13(16-11)18-15/h2-6H,15H2,1H3,(H,16,17,18). The Morgan fingerprint density at radius 3 is 2.90 bits per heavy atom. The normalized spacial score (nSPS) is 10.8. The Hall–Kier alpha value is -2.25. The molecule has 102 valence electrons. The fraction of sp³-hybridized carbons (Fsp3) is 0.0769. The number of halogens is 1. The molecule has 0 unspecified atom stereocenters. The number of nitrogens with zero attached hydrogens (tertiary/aromatic N) is 2. The first-order valence-electron chi connectivity index (χ1n) is 5.83. The number of aromatic nitrogens is 2. The van der Waals surface area contributed by atoms with E-state index in [0.717, 1.165) is 10.2 Å². The molecule has 7 heteroatoms. The molecule has 20 heavy (non-hydrogen) atoms. The van der Waals surface area contributed by atoms with Crippen LogP contribution in [-0.2, 0) is 0 Å². The van der Waals surface area contributed by atoms with Crippen molar-refractivity contribution in [2.24, 2.45) is 5.84 Å². The monoisotopic (exact) mass is 290 g/mol. The van der Waals surface area contributed by atoms with E-state index in [1.165, 1.54) is 23.5 Å². The molecule has 0 fully saturated rings. The minimum atomic E-state index is -0.303. The lowest BCUT2D eigenvalue weighted by atomic mass is 10.2.